The van der Waals surface area contributed by atoms with Crippen LogP contribution in [0.4, 0.5) is 0 Å². The Hall–Kier alpha value is -0.650. The van der Waals surface area contributed by atoms with Gasteiger partial charge in [-0.3, -0.25) is 4.79 Å². The number of carboxylic acids is 1. The van der Waals surface area contributed by atoms with Crippen LogP contribution in [0, 0.1) is 0 Å². The summed E-state index contributed by atoms with van der Waals surface area (Å²) in [6.07, 6.45) is 0.222. The van der Waals surface area contributed by atoms with Crippen molar-refractivity contribution in [3.8, 4) is 0 Å². The first-order valence-corrected chi connectivity index (χ1v) is 2.26. The predicted molar refractivity (Wildman–Crippen MR) is 28.4 cm³/mol. The van der Waals surface area contributed by atoms with Gasteiger partial charge in [0.1, 0.15) is 0 Å². The first-order chi connectivity index (χ1) is 4.00. The Morgan fingerprint density at radius 2 is 1.56 bits per heavy atom. The summed E-state index contributed by atoms with van der Waals surface area (Å²) in [4.78, 5) is 9.37. The lowest BCUT2D eigenvalue weighted by Gasteiger charge is -1.80. The number of aliphatic hydroxyl groups excluding tert-OH is 1. The maximum atomic E-state index is 9.37. The lowest BCUT2D eigenvalue weighted by atomic mass is 10.5. The number of aliphatic carboxylic acids is 1. The minimum Gasteiger partial charge on any atom is -0.481 e. The molecule has 0 atom stereocenters. The average Bonchev–Trinajstić information content (AvgIpc) is 1.65. The van der Waals surface area contributed by atoms with E-state index >= 15 is 0 Å². The summed E-state index contributed by atoms with van der Waals surface area (Å²) in [6.45, 7) is -0.567. The Balaban J connectivity index is 0. The molecule has 0 rings (SSSR count). The topological polar surface area (TPSA) is 98.0 Å². The molecule has 0 spiro atoms. The van der Waals surface area contributed by atoms with E-state index in [1.165, 1.54) is 0 Å². The molecule has 0 aliphatic rings. The van der Waals surface area contributed by atoms with E-state index in [-0.39, 0.29) is 6.42 Å². The minimum absolute atomic E-state index is 0.222. The van der Waals surface area contributed by atoms with Crippen LogP contribution in [-0.4, -0.2) is 32.9 Å². The van der Waals surface area contributed by atoms with Crippen LogP contribution >= 0.6 is 0 Å². The van der Waals surface area contributed by atoms with Gasteiger partial charge in [-0.05, 0) is 0 Å². The summed E-state index contributed by atoms with van der Waals surface area (Å²) >= 11 is 0. The molecule has 0 saturated carbocycles. The van der Waals surface area contributed by atoms with Crippen LogP contribution in [-0.2, 0) is 4.79 Å². The summed E-state index contributed by atoms with van der Waals surface area (Å²) in [5.74, 6) is -0.745. The molecule has 4 N–H and O–H groups in total. The molecule has 0 unspecified atom stereocenters. The number of hydrogen-bond acceptors (Lipinski definition) is 4. The quantitative estimate of drug-likeness (QED) is 0.338. The van der Waals surface area contributed by atoms with Crippen LogP contribution in [0.15, 0.2) is 0 Å². The van der Waals surface area contributed by atoms with E-state index in [4.69, 9.17) is 20.4 Å². The SMILES string of the molecule is CCC(=O)O.OC(O)O. The second-order valence-corrected chi connectivity index (χ2v) is 1.09. The zero-order valence-corrected chi connectivity index (χ0v) is 4.98. The molecule has 0 fully saturated rings. The van der Waals surface area contributed by atoms with E-state index in [0.717, 1.165) is 0 Å². The highest BCUT2D eigenvalue weighted by Crippen LogP contribution is 1.67. The molecule has 5 nitrogen and oxygen atoms in total. The third-order valence-electron chi connectivity index (χ3n) is 0.302. The van der Waals surface area contributed by atoms with Gasteiger partial charge in [0, 0.05) is 6.42 Å². The maximum absolute atomic E-state index is 9.37. The third-order valence-corrected chi connectivity index (χ3v) is 0.302. The van der Waals surface area contributed by atoms with Crippen molar-refractivity contribution < 1.29 is 25.2 Å². The lowest BCUT2D eigenvalue weighted by Crippen LogP contribution is -1.98. The molecule has 0 aromatic heterocycles. The molecule has 0 heterocycles. The van der Waals surface area contributed by atoms with Crippen molar-refractivity contribution in [2.75, 3.05) is 0 Å². The molecule has 0 bridgehead atoms. The highest BCUT2D eigenvalue weighted by Gasteiger charge is 1.80. The number of rotatable bonds is 1. The fraction of sp³-hybridized carbons (Fsp3) is 0.750. The van der Waals surface area contributed by atoms with Gasteiger partial charge < -0.3 is 20.4 Å². The molecule has 0 amide bonds. The van der Waals surface area contributed by atoms with Gasteiger partial charge in [-0.15, -0.1) is 0 Å². The first kappa shape index (κ1) is 11.2. The van der Waals surface area contributed by atoms with Crippen molar-refractivity contribution in [1.82, 2.24) is 0 Å². The fourth-order valence-corrected chi connectivity index (χ4v) is 0. The van der Waals surface area contributed by atoms with Crippen LogP contribution in [0.25, 0.3) is 0 Å². The minimum atomic E-state index is -2.17. The van der Waals surface area contributed by atoms with Gasteiger partial charge >= 0.3 is 5.97 Å². The fourth-order valence-electron chi connectivity index (χ4n) is 0. The van der Waals surface area contributed by atoms with E-state index < -0.39 is 12.4 Å². The second-order valence-electron chi connectivity index (χ2n) is 1.09. The summed E-state index contributed by atoms with van der Waals surface area (Å²) in [6, 6.07) is 0. The predicted octanol–water partition coefficient (Wildman–Crippen LogP) is -1.27. The second kappa shape index (κ2) is 7.35. The molecule has 0 aliphatic carbocycles. The molecule has 0 aromatic carbocycles. The van der Waals surface area contributed by atoms with Gasteiger partial charge in [-0.25, -0.2) is 0 Å². The van der Waals surface area contributed by atoms with Gasteiger partial charge in [0.25, 0.3) is 6.48 Å². The van der Waals surface area contributed by atoms with E-state index in [1.807, 2.05) is 0 Å². The standard InChI is InChI=1S/C3H6O2.CH4O3/c1-2-3(4)5;2-1(3)4/h2H2,1H3,(H,4,5);1-4H. The van der Waals surface area contributed by atoms with Crippen LogP contribution in [0.5, 0.6) is 0 Å². The van der Waals surface area contributed by atoms with E-state index in [2.05, 4.69) is 0 Å². The molecular formula is C4H10O5. The van der Waals surface area contributed by atoms with Crippen LogP contribution in [0.3, 0.4) is 0 Å². The number of hydrogen-bond donors (Lipinski definition) is 4. The monoisotopic (exact) mass is 138 g/mol. The Morgan fingerprint density at radius 3 is 1.56 bits per heavy atom. The van der Waals surface area contributed by atoms with E-state index in [0.29, 0.717) is 0 Å². The lowest BCUT2D eigenvalue weighted by molar-refractivity contribution is -0.198. The maximum Gasteiger partial charge on any atom is 0.303 e. The Labute approximate surface area is 52.2 Å². The molecular weight excluding hydrogens is 128 g/mol. The van der Waals surface area contributed by atoms with Gasteiger partial charge in [-0.1, -0.05) is 6.92 Å². The molecule has 0 aliphatic heterocycles. The highest BCUT2D eigenvalue weighted by atomic mass is 16.6. The van der Waals surface area contributed by atoms with Crippen molar-refractivity contribution in [1.29, 1.82) is 0 Å². The highest BCUT2D eigenvalue weighted by molar-refractivity contribution is 5.66. The van der Waals surface area contributed by atoms with Crippen molar-refractivity contribution in [3.05, 3.63) is 0 Å². The largest absolute Gasteiger partial charge is 0.481 e. The summed E-state index contributed by atoms with van der Waals surface area (Å²) in [5.41, 5.74) is 0. The van der Waals surface area contributed by atoms with Gasteiger partial charge in [0.2, 0.25) is 0 Å². The van der Waals surface area contributed by atoms with Crippen LogP contribution in [0.1, 0.15) is 13.3 Å². The summed E-state index contributed by atoms with van der Waals surface area (Å²) in [5, 5.41) is 29.2. The molecule has 5 heteroatoms. The molecule has 0 aromatic rings. The Kier molecular flexibility index (Phi) is 9.14. The molecule has 9 heavy (non-hydrogen) atoms. The van der Waals surface area contributed by atoms with Crippen LogP contribution in [0.2, 0.25) is 0 Å². The van der Waals surface area contributed by atoms with E-state index in [1.54, 1.807) is 6.92 Å². The molecule has 0 saturated heterocycles. The molecule has 56 valence electrons. The number of carbonyl (C=O) groups is 1. The zero-order chi connectivity index (χ0) is 7.86. The van der Waals surface area contributed by atoms with E-state index in [9.17, 15) is 4.79 Å². The summed E-state index contributed by atoms with van der Waals surface area (Å²) < 4.78 is 0. The van der Waals surface area contributed by atoms with Crippen molar-refractivity contribution in [2.45, 2.75) is 19.8 Å². The van der Waals surface area contributed by atoms with Gasteiger partial charge in [0.15, 0.2) is 0 Å². The first-order valence-electron chi connectivity index (χ1n) is 2.26. The average molecular weight is 138 g/mol. The van der Waals surface area contributed by atoms with Gasteiger partial charge in [0.05, 0.1) is 0 Å². The van der Waals surface area contributed by atoms with Crippen molar-refractivity contribution in [3.63, 3.8) is 0 Å². The number of aliphatic hydroxyl groups is 3. The number of carboxylic acid groups (broad SMARTS) is 1. The van der Waals surface area contributed by atoms with Gasteiger partial charge in [-0.2, -0.15) is 0 Å². The van der Waals surface area contributed by atoms with Crippen LogP contribution < -0.4 is 0 Å². The smallest absolute Gasteiger partial charge is 0.303 e. The van der Waals surface area contributed by atoms with Crippen molar-refractivity contribution >= 4 is 5.97 Å². The molecule has 0 radical (unpaired) electrons. The zero-order valence-electron chi connectivity index (χ0n) is 4.98. The van der Waals surface area contributed by atoms with Crippen molar-refractivity contribution in [2.24, 2.45) is 0 Å². The normalized spacial score (nSPS) is 8.11. The summed E-state index contributed by atoms with van der Waals surface area (Å²) in [7, 11) is 0. The Bertz CT molecular complexity index is 66.6. The third kappa shape index (κ3) is 115. The Morgan fingerprint density at radius 1 is 1.44 bits per heavy atom.